The predicted octanol–water partition coefficient (Wildman–Crippen LogP) is 2.81. The van der Waals surface area contributed by atoms with Crippen LogP contribution in [0.15, 0.2) is 24.3 Å². The number of hydrogen-bond acceptors (Lipinski definition) is 3. The first-order chi connectivity index (χ1) is 8.13. The van der Waals surface area contributed by atoms with Crippen molar-refractivity contribution in [1.29, 1.82) is 0 Å². The first-order valence-corrected chi connectivity index (χ1v) is 5.42. The van der Waals surface area contributed by atoms with E-state index in [1.165, 1.54) is 6.08 Å². The van der Waals surface area contributed by atoms with E-state index < -0.39 is 5.97 Å². The number of carboxylic acid groups (broad SMARTS) is 1. The van der Waals surface area contributed by atoms with Crippen LogP contribution in [0.4, 0.5) is 0 Å². The highest BCUT2D eigenvalue weighted by Gasteiger charge is 2.01. The molecule has 1 aromatic carbocycles. The molecule has 0 saturated carbocycles. The van der Waals surface area contributed by atoms with Gasteiger partial charge in [-0.05, 0) is 30.7 Å². The van der Waals surface area contributed by atoms with Crippen molar-refractivity contribution in [1.82, 2.24) is 0 Å². The molecule has 0 saturated heterocycles. The number of carboxylic acids is 1. The Bertz CT molecular complexity index is 415. The van der Waals surface area contributed by atoms with Gasteiger partial charge in [0.15, 0.2) is 6.79 Å². The Morgan fingerprint density at radius 1 is 1.53 bits per heavy atom. The Hall–Kier alpha value is -1.52. The molecule has 0 amide bonds. The maximum Gasteiger partial charge on any atom is 0.328 e. The number of aliphatic carboxylic acids is 1. The maximum absolute atomic E-state index is 10.3. The average molecular weight is 257 g/mol. The molecule has 0 fully saturated rings. The Balaban J connectivity index is 2.69. The molecule has 0 atom stereocenters. The number of carbonyl (C=O) groups is 1. The average Bonchev–Trinajstić information content (AvgIpc) is 2.29. The van der Waals surface area contributed by atoms with Crippen molar-refractivity contribution in [2.45, 2.75) is 6.92 Å². The monoisotopic (exact) mass is 256 g/mol. The van der Waals surface area contributed by atoms with E-state index in [1.54, 1.807) is 18.2 Å². The second-order valence-corrected chi connectivity index (χ2v) is 3.52. The first kappa shape index (κ1) is 13.5. The summed E-state index contributed by atoms with van der Waals surface area (Å²) in [6.07, 6.45) is 2.51. The lowest BCUT2D eigenvalue weighted by molar-refractivity contribution is -0.131. The Kier molecular flexibility index (Phi) is 5.52. The quantitative estimate of drug-likeness (QED) is 0.483. The molecule has 1 rings (SSSR count). The summed E-state index contributed by atoms with van der Waals surface area (Å²) in [5.74, 6) is -0.495. The van der Waals surface area contributed by atoms with Crippen LogP contribution in [0.2, 0.25) is 5.02 Å². The molecular formula is C12H13ClO4. The third kappa shape index (κ3) is 4.89. The molecule has 0 heterocycles. The summed E-state index contributed by atoms with van der Waals surface area (Å²) >= 11 is 5.96. The van der Waals surface area contributed by atoms with Gasteiger partial charge < -0.3 is 14.6 Å². The summed E-state index contributed by atoms with van der Waals surface area (Å²) in [5.41, 5.74) is 0.696. The molecule has 0 aromatic heterocycles. The van der Waals surface area contributed by atoms with Gasteiger partial charge in [0.25, 0.3) is 0 Å². The van der Waals surface area contributed by atoms with E-state index >= 15 is 0 Å². The molecule has 1 N–H and O–H groups in total. The van der Waals surface area contributed by atoms with Gasteiger partial charge in [-0.2, -0.15) is 0 Å². The molecule has 0 aliphatic heterocycles. The zero-order valence-electron chi connectivity index (χ0n) is 9.35. The largest absolute Gasteiger partial charge is 0.478 e. The normalized spacial score (nSPS) is 10.7. The van der Waals surface area contributed by atoms with Crippen LogP contribution in [-0.2, 0) is 9.53 Å². The molecular weight excluding hydrogens is 244 g/mol. The number of rotatable bonds is 6. The summed E-state index contributed by atoms with van der Waals surface area (Å²) in [7, 11) is 0. The van der Waals surface area contributed by atoms with Gasteiger partial charge in [0.2, 0.25) is 0 Å². The highest BCUT2D eigenvalue weighted by atomic mass is 35.5. The number of halogens is 1. The van der Waals surface area contributed by atoms with E-state index in [1.807, 2.05) is 6.92 Å². The van der Waals surface area contributed by atoms with Crippen LogP contribution in [0, 0.1) is 0 Å². The van der Waals surface area contributed by atoms with Gasteiger partial charge in [-0.25, -0.2) is 4.79 Å². The van der Waals surface area contributed by atoms with Gasteiger partial charge >= 0.3 is 5.97 Å². The van der Waals surface area contributed by atoms with Crippen molar-refractivity contribution in [2.75, 3.05) is 13.4 Å². The van der Waals surface area contributed by atoms with Crippen LogP contribution in [0.1, 0.15) is 12.5 Å². The maximum atomic E-state index is 10.3. The Labute approximate surface area is 104 Å². The molecule has 0 aliphatic rings. The fourth-order valence-electron chi connectivity index (χ4n) is 1.09. The van der Waals surface area contributed by atoms with Crippen LogP contribution >= 0.6 is 11.6 Å². The van der Waals surface area contributed by atoms with Crippen molar-refractivity contribution in [3.63, 3.8) is 0 Å². The van der Waals surface area contributed by atoms with Gasteiger partial charge in [0.05, 0.1) is 5.02 Å². The molecule has 0 radical (unpaired) electrons. The summed E-state index contributed by atoms with van der Waals surface area (Å²) in [5, 5.41) is 8.90. The highest BCUT2D eigenvalue weighted by molar-refractivity contribution is 6.32. The molecule has 1 aromatic rings. The van der Waals surface area contributed by atoms with Crippen LogP contribution in [0.3, 0.4) is 0 Å². The van der Waals surface area contributed by atoms with Gasteiger partial charge in [-0.1, -0.05) is 17.7 Å². The fraction of sp³-hybridized carbons (Fsp3) is 0.250. The van der Waals surface area contributed by atoms with E-state index in [0.29, 0.717) is 22.9 Å². The summed E-state index contributed by atoms with van der Waals surface area (Å²) in [6.45, 7) is 2.57. The molecule has 17 heavy (non-hydrogen) atoms. The predicted molar refractivity (Wildman–Crippen MR) is 65.2 cm³/mol. The lowest BCUT2D eigenvalue weighted by Crippen LogP contribution is -2.02. The molecule has 0 aliphatic carbocycles. The zero-order valence-corrected chi connectivity index (χ0v) is 10.1. The third-order valence-corrected chi connectivity index (χ3v) is 2.17. The van der Waals surface area contributed by atoms with Crippen molar-refractivity contribution >= 4 is 23.6 Å². The molecule has 4 nitrogen and oxygen atoms in total. The number of ether oxygens (including phenoxy) is 2. The van der Waals surface area contributed by atoms with E-state index in [4.69, 9.17) is 26.2 Å². The van der Waals surface area contributed by atoms with Gasteiger partial charge in [0, 0.05) is 12.7 Å². The van der Waals surface area contributed by atoms with E-state index in [0.717, 1.165) is 6.08 Å². The second-order valence-electron chi connectivity index (χ2n) is 3.12. The lowest BCUT2D eigenvalue weighted by atomic mass is 10.2. The molecule has 5 heteroatoms. The number of hydrogen-bond donors (Lipinski definition) is 1. The molecule has 0 unspecified atom stereocenters. The number of benzene rings is 1. The van der Waals surface area contributed by atoms with Crippen molar-refractivity contribution in [3.8, 4) is 5.75 Å². The Morgan fingerprint density at radius 2 is 2.29 bits per heavy atom. The zero-order chi connectivity index (χ0) is 12.7. The van der Waals surface area contributed by atoms with Crippen molar-refractivity contribution in [2.24, 2.45) is 0 Å². The summed E-state index contributed by atoms with van der Waals surface area (Å²) in [6, 6.07) is 5.01. The topological polar surface area (TPSA) is 55.8 Å². The third-order valence-electron chi connectivity index (χ3n) is 1.88. The van der Waals surface area contributed by atoms with Crippen LogP contribution in [-0.4, -0.2) is 24.5 Å². The van der Waals surface area contributed by atoms with Gasteiger partial charge in [-0.15, -0.1) is 0 Å². The van der Waals surface area contributed by atoms with Crippen molar-refractivity contribution < 1.29 is 19.4 Å². The van der Waals surface area contributed by atoms with Gasteiger partial charge in [-0.3, -0.25) is 0 Å². The minimum atomic E-state index is -1.00. The van der Waals surface area contributed by atoms with Crippen LogP contribution < -0.4 is 4.74 Å². The minimum Gasteiger partial charge on any atom is -0.478 e. The minimum absolute atomic E-state index is 0.139. The Morgan fingerprint density at radius 3 is 2.88 bits per heavy atom. The summed E-state index contributed by atoms with van der Waals surface area (Å²) < 4.78 is 10.3. The fourth-order valence-corrected chi connectivity index (χ4v) is 1.34. The van der Waals surface area contributed by atoms with Crippen LogP contribution in [0.25, 0.3) is 6.08 Å². The van der Waals surface area contributed by atoms with E-state index in [9.17, 15) is 4.79 Å². The van der Waals surface area contributed by atoms with Crippen LogP contribution in [0.5, 0.6) is 5.75 Å². The molecule has 0 bridgehead atoms. The van der Waals surface area contributed by atoms with Crippen molar-refractivity contribution in [3.05, 3.63) is 34.9 Å². The molecule has 92 valence electrons. The standard InChI is InChI=1S/C12H13ClO4/c1-2-16-8-17-11-5-3-9(7-10(11)13)4-6-12(14)15/h3-7H,2,8H2,1H3,(H,14,15). The highest BCUT2D eigenvalue weighted by Crippen LogP contribution is 2.25. The van der Waals surface area contributed by atoms with E-state index in [-0.39, 0.29) is 6.79 Å². The second kappa shape index (κ2) is 6.93. The summed E-state index contributed by atoms with van der Waals surface area (Å²) in [4.78, 5) is 10.3. The molecule has 0 spiro atoms. The van der Waals surface area contributed by atoms with E-state index in [2.05, 4.69) is 0 Å². The first-order valence-electron chi connectivity index (χ1n) is 5.04. The SMILES string of the molecule is CCOCOc1ccc(C=CC(=O)O)cc1Cl. The lowest BCUT2D eigenvalue weighted by Gasteiger charge is -2.07. The van der Waals surface area contributed by atoms with Gasteiger partial charge in [0.1, 0.15) is 5.75 Å². The smallest absolute Gasteiger partial charge is 0.328 e.